The molecule has 0 spiro atoms. The summed E-state index contributed by atoms with van der Waals surface area (Å²) in [6.45, 7) is 8.65. The lowest BCUT2D eigenvalue weighted by molar-refractivity contribution is -0.130. The Labute approximate surface area is 158 Å². The van der Waals surface area contributed by atoms with Crippen molar-refractivity contribution in [3.05, 3.63) is 34.3 Å². The van der Waals surface area contributed by atoms with Gasteiger partial charge in [0.15, 0.2) is 5.96 Å². The van der Waals surface area contributed by atoms with Crippen LogP contribution in [0.2, 0.25) is 0 Å². The van der Waals surface area contributed by atoms with Crippen molar-refractivity contribution in [2.75, 3.05) is 39.3 Å². The van der Waals surface area contributed by atoms with Gasteiger partial charge in [-0.1, -0.05) is 28.1 Å². The first kappa shape index (κ1) is 18.2. The van der Waals surface area contributed by atoms with Gasteiger partial charge >= 0.3 is 0 Å². The molecule has 1 aliphatic heterocycles. The molecular weight excluding hydrogens is 380 g/mol. The van der Waals surface area contributed by atoms with Crippen molar-refractivity contribution in [3.8, 4) is 0 Å². The van der Waals surface area contributed by atoms with E-state index in [0.29, 0.717) is 0 Å². The fourth-order valence-electron chi connectivity index (χ4n) is 3.39. The van der Waals surface area contributed by atoms with E-state index in [4.69, 9.17) is 4.99 Å². The van der Waals surface area contributed by atoms with Gasteiger partial charge in [0.05, 0.1) is 6.54 Å². The maximum Gasteiger partial charge on any atom is 0.219 e. The van der Waals surface area contributed by atoms with Gasteiger partial charge < -0.3 is 15.1 Å². The lowest BCUT2D eigenvalue weighted by Gasteiger charge is -2.36. The Kier molecular flexibility index (Phi) is 5.67. The van der Waals surface area contributed by atoms with Crippen molar-refractivity contribution in [2.24, 2.45) is 4.99 Å². The number of nitrogens with zero attached hydrogens (tertiary/aromatic N) is 3. The molecule has 0 unspecified atom stereocenters. The predicted octanol–water partition coefficient (Wildman–Crippen LogP) is 2.61. The van der Waals surface area contributed by atoms with Crippen LogP contribution in [0.1, 0.15) is 32.3 Å². The molecule has 3 rings (SSSR count). The van der Waals surface area contributed by atoms with Crippen molar-refractivity contribution in [1.29, 1.82) is 0 Å². The van der Waals surface area contributed by atoms with Gasteiger partial charge in [-0.05, 0) is 37.5 Å². The fraction of sp³-hybridized carbons (Fsp3) is 0.579. The van der Waals surface area contributed by atoms with Crippen LogP contribution in [-0.4, -0.2) is 60.9 Å². The summed E-state index contributed by atoms with van der Waals surface area (Å²) in [7, 11) is 0. The van der Waals surface area contributed by atoms with Crippen molar-refractivity contribution >= 4 is 27.8 Å². The Morgan fingerprint density at radius 2 is 1.92 bits per heavy atom. The molecule has 25 heavy (non-hydrogen) atoms. The van der Waals surface area contributed by atoms with E-state index >= 15 is 0 Å². The first-order valence-electron chi connectivity index (χ1n) is 9.09. The average Bonchev–Trinajstić information content (AvgIpc) is 3.40. The Morgan fingerprint density at radius 1 is 1.24 bits per heavy atom. The normalized spacial score (nSPS) is 19.7. The van der Waals surface area contributed by atoms with Crippen LogP contribution in [0, 0.1) is 0 Å². The highest BCUT2D eigenvalue weighted by Gasteiger charge is 2.44. The highest BCUT2D eigenvalue weighted by Crippen LogP contribution is 2.48. The number of piperazine rings is 1. The fourth-order valence-corrected chi connectivity index (χ4v) is 3.79. The third-order valence-electron chi connectivity index (χ3n) is 5.18. The Hall–Kier alpha value is -1.56. The standard InChI is InChI=1S/C19H27BrN4O/c1-3-21-18(24-11-9-23(10-12-24)15(2)25)22-14-19(7-8-19)16-5-4-6-17(20)13-16/h4-6,13H,3,7-12,14H2,1-2H3,(H,21,22). The van der Waals surface area contributed by atoms with Gasteiger partial charge in [-0.2, -0.15) is 0 Å². The van der Waals surface area contributed by atoms with Gasteiger partial charge in [0.1, 0.15) is 0 Å². The van der Waals surface area contributed by atoms with E-state index in [-0.39, 0.29) is 11.3 Å². The van der Waals surface area contributed by atoms with Crippen molar-refractivity contribution < 1.29 is 4.79 Å². The van der Waals surface area contributed by atoms with Crippen LogP contribution in [0.4, 0.5) is 0 Å². The molecule has 0 bridgehead atoms. The molecular formula is C19H27BrN4O. The second-order valence-corrected chi connectivity index (χ2v) is 7.87. The molecule has 6 heteroatoms. The second kappa shape index (κ2) is 7.77. The number of hydrogen-bond acceptors (Lipinski definition) is 2. The van der Waals surface area contributed by atoms with E-state index in [0.717, 1.165) is 49.7 Å². The van der Waals surface area contributed by atoms with Crippen LogP contribution in [0.15, 0.2) is 33.7 Å². The smallest absolute Gasteiger partial charge is 0.219 e. The molecule has 136 valence electrons. The van der Waals surface area contributed by atoms with Crippen molar-refractivity contribution in [1.82, 2.24) is 15.1 Å². The number of halogens is 1. The van der Waals surface area contributed by atoms with E-state index in [1.54, 1.807) is 6.92 Å². The summed E-state index contributed by atoms with van der Waals surface area (Å²) in [5.41, 5.74) is 1.58. The molecule has 5 nitrogen and oxygen atoms in total. The monoisotopic (exact) mass is 406 g/mol. The van der Waals surface area contributed by atoms with Crippen LogP contribution in [0.25, 0.3) is 0 Å². The van der Waals surface area contributed by atoms with Crippen LogP contribution in [-0.2, 0) is 10.2 Å². The summed E-state index contributed by atoms with van der Waals surface area (Å²) >= 11 is 3.58. The van der Waals surface area contributed by atoms with E-state index in [1.165, 1.54) is 18.4 Å². The number of aliphatic imine (C=N–C) groups is 1. The number of nitrogens with one attached hydrogen (secondary N) is 1. The van der Waals surface area contributed by atoms with Gasteiger partial charge in [-0.25, -0.2) is 0 Å². The Balaban J connectivity index is 1.68. The number of guanidine groups is 1. The largest absolute Gasteiger partial charge is 0.357 e. The molecule has 1 saturated carbocycles. The molecule has 0 aromatic heterocycles. The highest BCUT2D eigenvalue weighted by molar-refractivity contribution is 9.10. The molecule has 2 fully saturated rings. The van der Waals surface area contributed by atoms with Crippen molar-refractivity contribution in [2.45, 2.75) is 32.1 Å². The molecule has 0 atom stereocenters. The molecule has 1 aliphatic carbocycles. The maximum absolute atomic E-state index is 11.5. The SMILES string of the molecule is CCNC(=NCC1(c2cccc(Br)c2)CC1)N1CCN(C(C)=O)CC1. The second-order valence-electron chi connectivity index (χ2n) is 6.95. The third kappa shape index (κ3) is 4.35. The van der Waals surface area contributed by atoms with Gasteiger partial charge in [-0.3, -0.25) is 9.79 Å². The minimum atomic E-state index is 0.160. The molecule has 1 amide bonds. The Bertz CT molecular complexity index is 649. The first-order valence-corrected chi connectivity index (χ1v) is 9.88. The third-order valence-corrected chi connectivity index (χ3v) is 5.67. The zero-order valence-electron chi connectivity index (χ0n) is 15.1. The number of rotatable bonds is 4. The van der Waals surface area contributed by atoms with E-state index in [9.17, 15) is 4.79 Å². The van der Waals surface area contributed by atoms with Crippen LogP contribution >= 0.6 is 15.9 Å². The highest BCUT2D eigenvalue weighted by atomic mass is 79.9. The van der Waals surface area contributed by atoms with Crippen LogP contribution in [0.3, 0.4) is 0 Å². The quantitative estimate of drug-likeness (QED) is 0.617. The molecule has 2 aliphatic rings. The first-order chi connectivity index (χ1) is 12.0. The summed E-state index contributed by atoms with van der Waals surface area (Å²) in [4.78, 5) is 20.7. The molecule has 1 N–H and O–H groups in total. The van der Waals surface area contributed by atoms with E-state index in [2.05, 4.69) is 57.3 Å². The zero-order valence-corrected chi connectivity index (χ0v) is 16.7. The summed E-state index contributed by atoms with van der Waals surface area (Å²) in [5, 5.41) is 3.42. The minimum absolute atomic E-state index is 0.160. The van der Waals surface area contributed by atoms with Gasteiger partial charge in [0, 0.05) is 49.5 Å². The summed E-state index contributed by atoms with van der Waals surface area (Å²) < 4.78 is 1.13. The van der Waals surface area contributed by atoms with Crippen LogP contribution in [0.5, 0.6) is 0 Å². The number of hydrogen-bond donors (Lipinski definition) is 1. The number of carbonyl (C=O) groups excluding carboxylic acids is 1. The molecule has 1 saturated heterocycles. The zero-order chi connectivity index (χ0) is 17.9. The number of amides is 1. The minimum Gasteiger partial charge on any atom is -0.357 e. The Morgan fingerprint density at radius 3 is 2.48 bits per heavy atom. The predicted molar refractivity (Wildman–Crippen MR) is 105 cm³/mol. The average molecular weight is 407 g/mol. The molecule has 1 heterocycles. The van der Waals surface area contributed by atoms with Gasteiger partial charge in [0.25, 0.3) is 0 Å². The van der Waals surface area contributed by atoms with E-state index < -0.39 is 0 Å². The summed E-state index contributed by atoms with van der Waals surface area (Å²) in [5.74, 6) is 1.14. The van der Waals surface area contributed by atoms with Crippen molar-refractivity contribution in [3.63, 3.8) is 0 Å². The lowest BCUT2D eigenvalue weighted by Crippen LogP contribution is -2.53. The van der Waals surface area contributed by atoms with E-state index in [1.807, 2.05) is 4.90 Å². The summed E-state index contributed by atoms with van der Waals surface area (Å²) in [6, 6.07) is 8.61. The molecule has 1 aromatic rings. The number of carbonyl (C=O) groups is 1. The van der Waals surface area contributed by atoms with Gasteiger partial charge in [-0.15, -0.1) is 0 Å². The number of benzene rings is 1. The topological polar surface area (TPSA) is 47.9 Å². The molecule has 1 aromatic carbocycles. The lowest BCUT2D eigenvalue weighted by atomic mass is 9.96. The van der Waals surface area contributed by atoms with Crippen LogP contribution < -0.4 is 5.32 Å². The summed E-state index contributed by atoms with van der Waals surface area (Å²) in [6.07, 6.45) is 2.40. The van der Waals surface area contributed by atoms with Gasteiger partial charge in [0.2, 0.25) is 5.91 Å². The molecule has 0 radical (unpaired) electrons. The maximum atomic E-state index is 11.5.